The third kappa shape index (κ3) is 6.19. The van der Waals surface area contributed by atoms with Crippen molar-refractivity contribution in [3.05, 3.63) is 35.9 Å². The van der Waals surface area contributed by atoms with E-state index >= 15 is 0 Å². The van der Waals surface area contributed by atoms with Crippen LogP contribution in [0.5, 0.6) is 0 Å². The average Bonchev–Trinajstić information content (AvgIpc) is 3.05. The summed E-state index contributed by atoms with van der Waals surface area (Å²) in [5, 5.41) is 2.55. The molecule has 10 heteroatoms. The Hall–Kier alpha value is -2.95. The maximum absolute atomic E-state index is 13.8. The van der Waals surface area contributed by atoms with Crippen LogP contribution in [0.2, 0.25) is 0 Å². The Morgan fingerprint density at radius 2 is 1.77 bits per heavy atom. The zero-order valence-corrected chi connectivity index (χ0v) is 21.0. The number of nitrogens with two attached hydrogens (primary N) is 1. The highest BCUT2D eigenvalue weighted by Gasteiger charge is 2.67. The number of carbonyl (C=O) groups is 5. The highest BCUT2D eigenvalue weighted by atomic mass is 16.6. The molecular formula is C25H36N3O7+. The molecule has 4 atom stereocenters. The van der Waals surface area contributed by atoms with Crippen molar-refractivity contribution in [2.75, 3.05) is 13.7 Å². The quantitative estimate of drug-likeness (QED) is 0.217. The van der Waals surface area contributed by atoms with Crippen molar-refractivity contribution < 1.29 is 37.9 Å². The van der Waals surface area contributed by atoms with Gasteiger partial charge in [-0.3, -0.25) is 4.79 Å². The molecule has 0 radical (unpaired) electrons. The third-order valence-corrected chi connectivity index (χ3v) is 5.82. The Morgan fingerprint density at radius 3 is 2.29 bits per heavy atom. The molecule has 0 saturated carbocycles. The molecule has 2 unspecified atom stereocenters. The van der Waals surface area contributed by atoms with Crippen molar-refractivity contribution in [3.8, 4) is 0 Å². The van der Waals surface area contributed by atoms with Crippen LogP contribution in [-0.2, 0) is 28.7 Å². The monoisotopic (exact) mass is 490 g/mol. The Kier molecular flexibility index (Phi) is 9.42. The van der Waals surface area contributed by atoms with E-state index in [2.05, 4.69) is 5.32 Å². The summed E-state index contributed by atoms with van der Waals surface area (Å²) in [5.74, 6) is -3.79. The first kappa shape index (κ1) is 28.3. The number of rotatable bonds is 10. The van der Waals surface area contributed by atoms with E-state index in [4.69, 9.17) is 15.2 Å². The lowest BCUT2D eigenvalue weighted by atomic mass is 10.0. The first-order valence-corrected chi connectivity index (χ1v) is 11.7. The topological polar surface area (TPSA) is 142 Å². The first-order valence-electron chi connectivity index (χ1n) is 11.7. The fraction of sp³-hybridized carbons (Fsp3) is 0.560. The predicted molar refractivity (Wildman–Crippen MR) is 127 cm³/mol. The van der Waals surface area contributed by atoms with E-state index in [1.807, 2.05) is 0 Å². The van der Waals surface area contributed by atoms with Gasteiger partial charge in [-0.05, 0) is 59.2 Å². The molecule has 1 saturated heterocycles. The molecule has 0 spiro atoms. The third-order valence-electron chi connectivity index (χ3n) is 5.82. The van der Waals surface area contributed by atoms with Crippen LogP contribution in [0, 0.1) is 0 Å². The average molecular weight is 491 g/mol. The lowest BCUT2D eigenvalue weighted by Gasteiger charge is -2.34. The fourth-order valence-corrected chi connectivity index (χ4v) is 4.13. The number of carbonyl (C=O) groups excluding carboxylic acids is 5. The minimum atomic E-state index is -1.40. The van der Waals surface area contributed by atoms with Crippen LogP contribution < -0.4 is 11.1 Å². The molecule has 2 rings (SSSR count). The van der Waals surface area contributed by atoms with Gasteiger partial charge in [0.15, 0.2) is 12.1 Å². The van der Waals surface area contributed by atoms with Gasteiger partial charge < -0.3 is 20.5 Å². The number of nitrogens with zero attached hydrogens (tertiary/aromatic N) is 1. The summed E-state index contributed by atoms with van der Waals surface area (Å²) in [6.07, 6.45) is -0.577. The van der Waals surface area contributed by atoms with Gasteiger partial charge in [0.05, 0.1) is 5.56 Å². The van der Waals surface area contributed by atoms with Crippen LogP contribution in [0.3, 0.4) is 0 Å². The molecule has 10 nitrogen and oxygen atoms in total. The minimum Gasteiger partial charge on any atom is -0.458 e. The van der Waals surface area contributed by atoms with Gasteiger partial charge in [0.25, 0.3) is 5.91 Å². The molecule has 35 heavy (non-hydrogen) atoms. The second-order valence-electron chi connectivity index (χ2n) is 9.62. The number of unbranched alkanes of at least 4 members (excludes halogenated alkanes) is 1. The van der Waals surface area contributed by atoms with Gasteiger partial charge >= 0.3 is 23.7 Å². The van der Waals surface area contributed by atoms with Gasteiger partial charge in [-0.15, -0.1) is 4.48 Å². The lowest BCUT2D eigenvalue weighted by Crippen LogP contribution is -2.68. The summed E-state index contributed by atoms with van der Waals surface area (Å²) in [7, 11) is 1.27. The zero-order chi connectivity index (χ0) is 26.4. The van der Waals surface area contributed by atoms with Gasteiger partial charge in [-0.2, -0.15) is 0 Å². The van der Waals surface area contributed by atoms with Gasteiger partial charge in [0, 0.05) is 13.5 Å². The van der Waals surface area contributed by atoms with E-state index in [0.717, 1.165) is 0 Å². The summed E-state index contributed by atoms with van der Waals surface area (Å²) < 4.78 is 9.19. The molecule has 3 N–H and O–H groups in total. The predicted octanol–water partition coefficient (Wildman–Crippen LogP) is 1.46. The van der Waals surface area contributed by atoms with Crippen molar-refractivity contribution in [1.29, 1.82) is 0 Å². The number of methoxy groups -OCH3 is 1. The molecule has 192 valence electrons. The van der Waals surface area contributed by atoms with E-state index in [1.165, 1.54) is 26.2 Å². The number of amides is 4. The van der Waals surface area contributed by atoms with Gasteiger partial charge in [0.2, 0.25) is 0 Å². The molecule has 4 amide bonds. The SMILES string of the molecule is COC1CC(=O)[N+](C(=O)c2ccccc2)([C@@H](CCCCN)C(=O)N[C@@H](C)C(=O)OC(C)(C)C)C1=O. The van der Waals surface area contributed by atoms with Gasteiger partial charge in [0.1, 0.15) is 18.1 Å². The molecule has 0 bridgehead atoms. The summed E-state index contributed by atoms with van der Waals surface area (Å²) in [5.41, 5.74) is 4.95. The van der Waals surface area contributed by atoms with E-state index in [-0.39, 0.29) is 18.4 Å². The number of hydrogen-bond acceptors (Lipinski definition) is 8. The van der Waals surface area contributed by atoms with Crippen LogP contribution in [0.1, 0.15) is 63.7 Å². The number of imide groups is 3. The second-order valence-corrected chi connectivity index (χ2v) is 9.62. The van der Waals surface area contributed by atoms with E-state index in [1.54, 1.807) is 39.0 Å². The van der Waals surface area contributed by atoms with Crippen LogP contribution >= 0.6 is 0 Å². The number of quaternary nitrogens is 1. The number of nitrogens with one attached hydrogen (secondary N) is 1. The zero-order valence-electron chi connectivity index (χ0n) is 21.0. The maximum atomic E-state index is 13.8. The van der Waals surface area contributed by atoms with Gasteiger partial charge in [-0.25, -0.2) is 19.2 Å². The summed E-state index contributed by atoms with van der Waals surface area (Å²) in [6, 6.07) is 5.41. The first-order chi connectivity index (χ1) is 16.4. The van der Waals surface area contributed by atoms with Gasteiger partial charge in [-0.1, -0.05) is 18.2 Å². The molecule has 1 aromatic carbocycles. The van der Waals surface area contributed by atoms with Crippen molar-refractivity contribution in [3.63, 3.8) is 0 Å². The maximum Gasteiger partial charge on any atom is 0.361 e. The largest absolute Gasteiger partial charge is 0.458 e. The molecule has 1 aliphatic heterocycles. The molecule has 0 aliphatic carbocycles. The van der Waals surface area contributed by atoms with Crippen molar-refractivity contribution in [2.45, 2.75) is 77.2 Å². The molecule has 1 aromatic rings. The Balaban J connectivity index is 2.54. The fourth-order valence-electron chi connectivity index (χ4n) is 4.13. The summed E-state index contributed by atoms with van der Waals surface area (Å²) in [4.78, 5) is 66.9. The smallest absolute Gasteiger partial charge is 0.361 e. The normalized spacial score (nSPS) is 21.9. The van der Waals surface area contributed by atoms with Crippen LogP contribution in [-0.4, -0.2) is 71.5 Å². The van der Waals surface area contributed by atoms with Crippen molar-refractivity contribution in [1.82, 2.24) is 5.32 Å². The molecular weight excluding hydrogens is 454 g/mol. The van der Waals surface area contributed by atoms with E-state index in [0.29, 0.717) is 19.4 Å². The molecule has 0 aromatic heterocycles. The summed E-state index contributed by atoms with van der Waals surface area (Å²) in [6.45, 7) is 6.86. The Labute approximate surface area is 205 Å². The molecule has 1 heterocycles. The van der Waals surface area contributed by atoms with Crippen LogP contribution in [0.4, 0.5) is 0 Å². The van der Waals surface area contributed by atoms with E-state index < -0.39 is 57.9 Å². The molecule has 1 fully saturated rings. The number of hydrogen-bond donors (Lipinski definition) is 2. The van der Waals surface area contributed by atoms with Crippen LogP contribution in [0.15, 0.2) is 30.3 Å². The second kappa shape index (κ2) is 11.7. The van der Waals surface area contributed by atoms with Crippen LogP contribution in [0.25, 0.3) is 0 Å². The minimum absolute atomic E-state index is 0.0244. The number of benzene rings is 1. The Bertz CT molecular complexity index is 958. The standard InChI is InChI=1S/C25H35N3O7/c1-16(24(33)35-25(2,3)4)27-21(30)18(13-9-10-14-26)28(20(29)15-19(34-5)23(28)32)22(31)17-11-7-6-8-12-17/h6-8,11-12,16,18-19H,9-10,13-15,26H2,1-5H3/p+1/t16-,18-,19?,28?/m0/s1. The van der Waals surface area contributed by atoms with Crippen molar-refractivity contribution >= 4 is 29.6 Å². The highest BCUT2D eigenvalue weighted by molar-refractivity contribution is 6.12. The highest BCUT2D eigenvalue weighted by Crippen LogP contribution is 2.34. The molecule has 1 aliphatic rings. The Morgan fingerprint density at radius 1 is 1.14 bits per heavy atom. The number of esters is 1. The number of ether oxygens (including phenoxy) is 2. The van der Waals surface area contributed by atoms with Crippen molar-refractivity contribution in [2.24, 2.45) is 5.73 Å². The number of likely N-dealkylation sites (tertiary alicyclic amines) is 1. The lowest BCUT2D eigenvalue weighted by molar-refractivity contribution is -0.709. The van der Waals surface area contributed by atoms with E-state index in [9.17, 15) is 24.0 Å². The summed E-state index contributed by atoms with van der Waals surface area (Å²) >= 11 is 0.